The van der Waals surface area contributed by atoms with Gasteiger partial charge in [-0.1, -0.05) is 0 Å². The highest BCUT2D eigenvalue weighted by Crippen LogP contribution is 1.84. The van der Waals surface area contributed by atoms with E-state index in [1.807, 2.05) is 0 Å². The van der Waals surface area contributed by atoms with Gasteiger partial charge in [-0.2, -0.15) is 0 Å². The summed E-state index contributed by atoms with van der Waals surface area (Å²) in [5.41, 5.74) is 0. The van der Waals surface area contributed by atoms with Gasteiger partial charge in [-0.05, 0) is 6.92 Å². The van der Waals surface area contributed by atoms with Crippen LogP contribution in [0.4, 0.5) is 0 Å². The molecule has 0 radical (unpaired) electrons. The molecule has 0 aliphatic heterocycles. The van der Waals surface area contributed by atoms with Gasteiger partial charge in [-0.25, -0.2) is 0 Å². The highest BCUT2D eigenvalue weighted by Gasteiger charge is 2.00. The molecule has 1 unspecified atom stereocenters. The molecule has 0 rings (SSSR count). The second-order valence-electron chi connectivity index (χ2n) is 4.06. The van der Waals surface area contributed by atoms with E-state index in [9.17, 15) is 0 Å². The minimum Gasteiger partial charge on any atom is -0.395 e. The number of aliphatic hydroxyl groups excluding tert-OH is 8. The number of aliphatic hydroxyl groups is 8. The summed E-state index contributed by atoms with van der Waals surface area (Å²) >= 11 is 0. The highest BCUT2D eigenvalue weighted by atomic mass is 16.3. The van der Waals surface area contributed by atoms with Crippen molar-refractivity contribution in [1.82, 2.24) is 4.90 Å². The summed E-state index contributed by atoms with van der Waals surface area (Å²) in [5, 5.41) is 65.5. The van der Waals surface area contributed by atoms with Gasteiger partial charge in [-0.3, -0.25) is 4.90 Å². The van der Waals surface area contributed by atoms with Gasteiger partial charge < -0.3 is 40.9 Å². The minimum atomic E-state index is -0.954. The molecular formula is C12H31NO8. The van der Waals surface area contributed by atoms with Crippen molar-refractivity contribution in [1.29, 1.82) is 0 Å². The van der Waals surface area contributed by atoms with E-state index in [0.29, 0.717) is 19.6 Å². The summed E-state index contributed by atoms with van der Waals surface area (Å²) in [5.74, 6) is 0. The molecule has 0 aromatic carbocycles. The zero-order chi connectivity index (χ0) is 17.1. The number of hydrogen-bond acceptors (Lipinski definition) is 9. The van der Waals surface area contributed by atoms with Crippen LogP contribution in [-0.4, -0.2) is 117 Å². The maximum Gasteiger partial charge on any atom is 0.100 e. The highest BCUT2D eigenvalue weighted by molar-refractivity contribution is 4.54. The topological polar surface area (TPSA) is 165 Å². The first-order chi connectivity index (χ1) is 9.92. The van der Waals surface area contributed by atoms with Gasteiger partial charge in [0.2, 0.25) is 0 Å². The molecule has 0 aliphatic rings. The summed E-state index contributed by atoms with van der Waals surface area (Å²) in [7, 11) is 0. The molecule has 0 aromatic rings. The Labute approximate surface area is 125 Å². The molecule has 0 aliphatic carbocycles. The Bertz CT molecular complexity index is 155. The smallest absolute Gasteiger partial charge is 0.100 e. The van der Waals surface area contributed by atoms with E-state index in [-0.39, 0.29) is 39.6 Å². The zero-order valence-corrected chi connectivity index (χ0v) is 12.5. The maximum atomic E-state index is 8.48. The summed E-state index contributed by atoms with van der Waals surface area (Å²) in [6.07, 6.45) is -1.51. The minimum absolute atomic E-state index is 0.0694. The van der Waals surface area contributed by atoms with Gasteiger partial charge >= 0.3 is 0 Å². The standard InChI is InChI=1S/C6H15NO3.C3H8O3.C3H8O2/c8-4-1-7(2-5-9)3-6-10;4-1-3(6)2-5;1-3(5)2-4/h8-10H,1-6H2;3-6H,1-2H2;3-5H,2H2,1H3. The Kier molecular flexibility index (Phi) is 26.7. The fraction of sp³-hybridized carbons (Fsp3) is 1.00. The molecule has 0 bridgehead atoms. The van der Waals surface area contributed by atoms with Crippen LogP contribution < -0.4 is 0 Å². The third-order valence-electron chi connectivity index (χ3n) is 1.93. The molecule has 1 atom stereocenters. The fourth-order valence-electron chi connectivity index (χ4n) is 0.817. The average Bonchev–Trinajstić information content (AvgIpc) is 2.48. The third-order valence-corrected chi connectivity index (χ3v) is 1.93. The second kappa shape index (κ2) is 21.9. The summed E-state index contributed by atoms with van der Waals surface area (Å²) in [4.78, 5) is 1.79. The molecule has 0 aromatic heterocycles. The summed E-state index contributed by atoms with van der Waals surface area (Å²) in [6, 6.07) is 0. The molecule has 0 amide bonds. The van der Waals surface area contributed by atoms with Crippen molar-refractivity contribution in [2.75, 3.05) is 59.3 Å². The molecule has 21 heavy (non-hydrogen) atoms. The van der Waals surface area contributed by atoms with Crippen molar-refractivity contribution in [2.45, 2.75) is 19.1 Å². The monoisotopic (exact) mass is 317 g/mol. The number of rotatable bonds is 9. The molecule has 8 N–H and O–H groups in total. The Balaban J connectivity index is -0.000000252. The first kappa shape index (κ1) is 25.6. The third kappa shape index (κ3) is 28.5. The van der Waals surface area contributed by atoms with E-state index in [2.05, 4.69) is 0 Å². The van der Waals surface area contributed by atoms with Gasteiger partial charge in [-0.15, -0.1) is 0 Å². The van der Waals surface area contributed by atoms with Gasteiger partial charge in [0.1, 0.15) is 6.10 Å². The lowest BCUT2D eigenvalue weighted by Crippen LogP contribution is -2.32. The fourth-order valence-corrected chi connectivity index (χ4v) is 0.817. The average molecular weight is 317 g/mol. The van der Waals surface area contributed by atoms with Gasteiger partial charge in [0.15, 0.2) is 0 Å². The Morgan fingerprint density at radius 3 is 1.05 bits per heavy atom. The van der Waals surface area contributed by atoms with Crippen molar-refractivity contribution in [3.8, 4) is 0 Å². The molecule has 0 heterocycles. The van der Waals surface area contributed by atoms with Crippen LogP contribution in [0.3, 0.4) is 0 Å². The van der Waals surface area contributed by atoms with Gasteiger partial charge in [0.05, 0.1) is 45.7 Å². The predicted octanol–water partition coefficient (Wildman–Crippen LogP) is -4.04. The van der Waals surface area contributed by atoms with Crippen LogP contribution in [0.25, 0.3) is 0 Å². The Morgan fingerprint density at radius 1 is 0.667 bits per heavy atom. The van der Waals surface area contributed by atoms with Gasteiger partial charge in [0.25, 0.3) is 0 Å². The van der Waals surface area contributed by atoms with Crippen molar-refractivity contribution >= 4 is 0 Å². The molecule has 9 heteroatoms. The Morgan fingerprint density at radius 2 is 0.952 bits per heavy atom. The lowest BCUT2D eigenvalue weighted by molar-refractivity contribution is 0.0450. The van der Waals surface area contributed by atoms with Crippen molar-refractivity contribution in [3.63, 3.8) is 0 Å². The van der Waals surface area contributed by atoms with E-state index in [4.69, 9.17) is 40.9 Å². The molecular weight excluding hydrogens is 286 g/mol. The van der Waals surface area contributed by atoms with E-state index in [1.54, 1.807) is 4.90 Å². The largest absolute Gasteiger partial charge is 0.395 e. The van der Waals surface area contributed by atoms with Crippen LogP contribution in [0.15, 0.2) is 0 Å². The lowest BCUT2D eigenvalue weighted by Gasteiger charge is -2.17. The quantitative estimate of drug-likeness (QED) is 0.211. The second-order valence-corrected chi connectivity index (χ2v) is 4.06. The van der Waals surface area contributed by atoms with E-state index >= 15 is 0 Å². The summed E-state index contributed by atoms with van der Waals surface area (Å²) < 4.78 is 0. The lowest BCUT2D eigenvalue weighted by atomic mass is 10.4. The normalized spacial score (nSPS) is 11.6. The molecule has 132 valence electrons. The first-order valence-corrected chi connectivity index (χ1v) is 6.66. The first-order valence-electron chi connectivity index (χ1n) is 6.66. The van der Waals surface area contributed by atoms with Crippen LogP contribution in [0.2, 0.25) is 0 Å². The summed E-state index contributed by atoms with van der Waals surface area (Å²) in [6.45, 7) is 2.41. The molecule has 0 spiro atoms. The van der Waals surface area contributed by atoms with E-state index in [1.165, 1.54) is 6.92 Å². The van der Waals surface area contributed by atoms with Crippen molar-refractivity contribution in [3.05, 3.63) is 0 Å². The van der Waals surface area contributed by atoms with Crippen molar-refractivity contribution < 1.29 is 40.9 Å². The SMILES string of the molecule is CC(O)CO.OCC(O)CO.OCCN(CCO)CCO. The molecule has 0 fully saturated rings. The van der Waals surface area contributed by atoms with E-state index in [0.717, 1.165) is 0 Å². The maximum absolute atomic E-state index is 8.48. The van der Waals surface area contributed by atoms with Crippen LogP contribution in [-0.2, 0) is 0 Å². The van der Waals surface area contributed by atoms with Crippen molar-refractivity contribution in [2.24, 2.45) is 0 Å². The number of hydrogen-bond donors (Lipinski definition) is 8. The molecule has 0 saturated carbocycles. The van der Waals surface area contributed by atoms with Gasteiger partial charge in [0, 0.05) is 19.6 Å². The predicted molar refractivity (Wildman–Crippen MR) is 76.6 cm³/mol. The van der Waals surface area contributed by atoms with Crippen LogP contribution >= 0.6 is 0 Å². The van der Waals surface area contributed by atoms with Crippen LogP contribution in [0.1, 0.15) is 6.92 Å². The zero-order valence-electron chi connectivity index (χ0n) is 12.5. The molecule has 0 saturated heterocycles. The Hall–Kier alpha value is -0.360. The van der Waals surface area contributed by atoms with E-state index < -0.39 is 12.2 Å². The van der Waals surface area contributed by atoms with Crippen LogP contribution in [0, 0.1) is 0 Å². The van der Waals surface area contributed by atoms with Crippen LogP contribution in [0.5, 0.6) is 0 Å². The molecule has 9 nitrogen and oxygen atoms in total. The number of nitrogens with zero attached hydrogens (tertiary/aromatic N) is 1.